The van der Waals surface area contributed by atoms with Gasteiger partial charge < -0.3 is 15.0 Å². The van der Waals surface area contributed by atoms with E-state index >= 15 is 0 Å². The third-order valence-electron chi connectivity index (χ3n) is 3.99. The summed E-state index contributed by atoms with van der Waals surface area (Å²) in [4.78, 5) is 19.9. The van der Waals surface area contributed by atoms with Crippen molar-refractivity contribution in [2.24, 2.45) is 0 Å². The van der Waals surface area contributed by atoms with E-state index in [1.165, 1.54) is 0 Å². The van der Waals surface area contributed by atoms with E-state index in [0.29, 0.717) is 17.9 Å². The highest BCUT2D eigenvalue weighted by atomic mass is 16.5. The van der Waals surface area contributed by atoms with Crippen LogP contribution in [-0.4, -0.2) is 28.5 Å². The molecule has 1 aromatic heterocycles. The fourth-order valence-corrected chi connectivity index (χ4v) is 2.60. The van der Waals surface area contributed by atoms with Gasteiger partial charge in [0, 0.05) is 13.0 Å². The number of nitriles is 1. The first-order valence-corrected chi connectivity index (χ1v) is 8.54. The second-order valence-corrected chi connectivity index (χ2v) is 5.99. The molecule has 0 aliphatic rings. The minimum absolute atomic E-state index is 0.168. The molecular weight excluding hydrogens is 328 g/mol. The number of carbonyl (C=O) groups excluding carboxylic acids is 1. The molecule has 26 heavy (non-hydrogen) atoms. The van der Waals surface area contributed by atoms with Crippen molar-refractivity contribution in [2.45, 2.75) is 25.9 Å². The van der Waals surface area contributed by atoms with Gasteiger partial charge in [-0.1, -0.05) is 12.1 Å². The number of hydrogen-bond acceptors (Lipinski definition) is 4. The molecule has 1 unspecified atom stereocenters. The summed E-state index contributed by atoms with van der Waals surface area (Å²) in [6, 6.07) is 16.6. The highest BCUT2D eigenvalue weighted by Gasteiger charge is 2.14. The minimum Gasteiger partial charge on any atom is -0.481 e. The number of para-hydroxylation sites is 2. The number of nitrogens with zero attached hydrogens (tertiary/aromatic N) is 2. The summed E-state index contributed by atoms with van der Waals surface area (Å²) >= 11 is 0. The minimum atomic E-state index is -0.603. The predicted molar refractivity (Wildman–Crippen MR) is 98.7 cm³/mol. The van der Waals surface area contributed by atoms with Crippen LogP contribution >= 0.6 is 0 Å². The van der Waals surface area contributed by atoms with Gasteiger partial charge >= 0.3 is 0 Å². The molecule has 0 fully saturated rings. The lowest BCUT2D eigenvalue weighted by Gasteiger charge is -2.14. The number of imidazole rings is 1. The summed E-state index contributed by atoms with van der Waals surface area (Å²) in [5.74, 6) is 1.32. The number of hydrogen-bond donors (Lipinski definition) is 2. The third kappa shape index (κ3) is 4.39. The third-order valence-corrected chi connectivity index (χ3v) is 3.99. The number of benzene rings is 2. The van der Waals surface area contributed by atoms with E-state index in [9.17, 15) is 4.79 Å². The number of H-pyrrole nitrogens is 1. The largest absolute Gasteiger partial charge is 0.481 e. The molecule has 1 heterocycles. The van der Waals surface area contributed by atoms with Crippen LogP contribution in [0.5, 0.6) is 5.75 Å². The Bertz CT molecular complexity index is 892. The Kier molecular flexibility index (Phi) is 5.49. The van der Waals surface area contributed by atoms with Gasteiger partial charge in [-0.15, -0.1) is 0 Å². The van der Waals surface area contributed by atoms with E-state index in [1.54, 1.807) is 31.2 Å². The van der Waals surface area contributed by atoms with Gasteiger partial charge in [0.1, 0.15) is 11.6 Å². The quantitative estimate of drug-likeness (QED) is 0.642. The molecule has 0 aliphatic heterocycles. The summed E-state index contributed by atoms with van der Waals surface area (Å²) in [6.45, 7) is 2.25. The fourth-order valence-electron chi connectivity index (χ4n) is 2.60. The summed E-state index contributed by atoms with van der Waals surface area (Å²) < 4.78 is 5.59. The van der Waals surface area contributed by atoms with Crippen LogP contribution in [0.2, 0.25) is 0 Å². The molecular formula is C20H20N4O2. The Morgan fingerprint density at radius 1 is 1.27 bits per heavy atom. The van der Waals surface area contributed by atoms with Gasteiger partial charge in [0.25, 0.3) is 5.91 Å². The number of aryl methyl sites for hydroxylation is 1. The summed E-state index contributed by atoms with van der Waals surface area (Å²) in [7, 11) is 0. The first kappa shape index (κ1) is 17.5. The van der Waals surface area contributed by atoms with Crippen molar-refractivity contribution in [3.8, 4) is 11.8 Å². The monoisotopic (exact) mass is 348 g/mol. The van der Waals surface area contributed by atoms with E-state index in [2.05, 4.69) is 15.3 Å². The molecule has 2 N–H and O–H groups in total. The molecule has 1 amide bonds. The number of amides is 1. The molecule has 6 nitrogen and oxygen atoms in total. The van der Waals surface area contributed by atoms with Gasteiger partial charge in [-0.25, -0.2) is 4.98 Å². The molecule has 0 spiro atoms. The van der Waals surface area contributed by atoms with Gasteiger partial charge in [-0.3, -0.25) is 4.79 Å². The van der Waals surface area contributed by atoms with Crippen LogP contribution in [0.15, 0.2) is 48.5 Å². The fraction of sp³-hybridized carbons (Fsp3) is 0.250. The van der Waals surface area contributed by atoms with Crippen LogP contribution in [0.1, 0.15) is 24.7 Å². The Labute approximate surface area is 151 Å². The van der Waals surface area contributed by atoms with Gasteiger partial charge in [0.2, 0.25) is 0 Å². The Balaban J connectivity index is 1.42. The van der Waals surface area contributed by atoms with E-state index < -0.39 is 6.10 Å². The zero-order valence-electron chi connectivity index (χ0n) is 14.5. The Morgan fingerprint density at radius 2 is 2.04 bits per heavy atom. The van der Waals surface area contributed by atoms with Crippen molar-refractivity contribution in [2.75, 3.05) is 6.54 Å². The van der Waals surface area contributed by atoms with Crippen LogP contribution in [0, 0.1) is 11.3 Å². The average molecular weight is 348 g/mol. The lowest BCUT2D eigenvalue weighted by atomic mass is 10.2. The van der Waals surface area contributed by atoms with Gasteiger partial charge in [-0.2, -0.15) is 5.26 Å². The first-order chi connectivity index (χ1) is 12.7. The molecule has 132 valence electrons. The molecule has 0 saturated heterocycles. The molecule has 1 atom stereocenters. The molecule has 0 bridgehead atoms. The highest BCUT2D eigenvalue weighted by Crippen LogP contribution is 2.14. The Morgan fingerprint density at radius 3 is 2.77 bits per heavy atom. The van der Waals surface area contributed by atoms with E-state index in [4.69, 9.17) is 10.00 Å². The molecule has 3 rings (SSSR count). The van der Waals surface area contributed by atoms with Crippen molar-refractivity contribution in [1.82, 2.24) is 15.3 Å². The van der Waals surface area contributed by atoms with Crippen LogP contribution in [0.25, 0.3) is 11.0 Å². The highest BCUT2D eigenvalue weighted by molar-refractivity contribution is 5.80. The van der Waals surface area contributed by atoms with Crippen LogP contribution in [0.3, 0.4) is 0 Å². The maximum absolute atomic E-state index is 12.1. The zero-order valence-corrected chi connectivity index (χ0v) is 14.5. The standard InChI is InChI=1S/C20H20N4O2/c1-14(26-16-10-8-15(13-21)9-11-16)20(25)22-12-4-7-19-23-17-5-2-3-6-18(17)24-19/h2-3,5-6,8-11,14H,4,7,12H2,1H3,(H,22,25)(H,23,24). The number of fused-ring (bicyclic) bond motifs is 1. The number of rotatable bonds is 7. The molecule has 3 aromatic rings. The van der Waals surface area contributed by atoms with Crippen molar-refractivity contribution in [3.05, 3.63) is 59.9 Å². The summed E-state index contributed by atoms with van der Waals surface area (Å²) in [5.41, 5.74) is 2.53. The van der Waals surface area contributed by atoms with E-state index in [0.717, 1.165) is 29.7 Å². The summed E-state index contributed by atoms with van der Waals surface area (Å²) in [5, 5.41) is 11.7. The lowest BCUT2D eigenvalue weighted by Crippen LogP contribution is -2.36. The second kappa shape index (κ2) is 8.17. The SMILES string of the molecule is CC(Oc1ccc(C#N)cc1)C(=O)NCCCc1nc2ccccc2[nH]1. The smallest absolute Gasteiger partial charge is 0.260 e. The zero-order chi connectivity index (χ0) is 18.4. The topological polar surface area (TPSA) is 90.8 Å². The summed E-state index contributed by atoms with van der Waals surface area (Å²) in [6.07, 6.45) is 0.948. The molecule has 0 aliphatic carbocycles. The first-order valence-electron chi connectivity index (χ1n) is 8.54. The van der Waals surface area contributed by atoms with Crippen LogP contribution in [0.4, 0.5) is 0 Å². The Hall–Kier alpha value is -3.33. The number of aromatic nitrogens is 2. The van der Waals surface area contributed by atoms with Gasteiger partial charge in [-0.05, 0) is 49.7 Å². The van der Waals surface area contributed by atoms with Crippen molar-refractivity contribution >= 4 is 16.9 Å². The molecule has 2 aromatic carbocycles. The number of aromatic amines is 1. The van der Waals surface area contributed by atoms with E-state index in [1.807, 2.05) is 30.3 Å². The average Bonchev–Trinajstić information content (AvgIpc) is 3.08. The maximum Gasteiger partial charge on any atom is 0.260 e. The molecule has 0 radical (unpaired) electrons. The molecule has 6 heteroatoms. The normalized spacial score (nSPS) is 11.7. The lowest BCUT2D eigenvalue weighted by molar-refractivity contribution is -0.127. The number of nitrogens with one attached hydrogen (secondary N) is 2. The van der Waals surface area contributed by atoms with Crippen molar-refractivity contribution < 1.29 is 9.53 Å². The predicted octanol–water partition coefficient (Wildman–Crippen LogP) is 2.95. The molecule has 0 saturated carbocycles. The number of carbonyl (C=O) groups is 1. The van der Waals surface area contributed by atoms with E-state index in [-0.39, 0.29) is 5.91 Å². The number of ether oxygens (including phenoxy) is 1. The second-order valence-electron chi connectivity index (χ2n) is 5.99. The van der Waals surface area contributed by atoms with Crippen molar-refractivity contribution in [1.29, 1.82) is 5.26 Å². The van der Waals surface area contributed by atoms with Gasteiger partial charge in [0.15, 0.2) is 6.10 Å². The maximum atomic E-state index is 12.1. The van der Waals surface area contributed by atoms with Crippen molar-refractivity contribution in [3.63, 3.8) is 0 Å². The van der Waals surface area contributed by atoms with Crippen LogP contribution in [-0.2, 0) is 11.2 Å². The van der Waals surface area contributed by atoms with Crippen LogP contribution < -0.4 is 10.1 Å². The van der Waals surface area contributed by atoms with Gasteiger partial charge in [0.05, 0.1) is 22.7 Å².